The Kier molecular flexibility index (Phi) is 3.73. The van der Waals surface area contributed by atoms with Crippen LogP contribution in [0.1, 0.15) is 13.3 Å². The second kappa shape index (κ2) is 5.32. The predicted molar refractivity (Wildman–Crippen MR) is 71.5 cm³/mol. The first-order valence-electron chi connectivity index (χ1n) is 6.23. The fourth-order valence-electron chi connectivity index (χ4n) is 2.02. The van der Waals surface area contributed by atoms with Gasteiger partial charge >= 0.3 is 11.7 Å². The van der Waals surface area contributed by atoms with E-state index in [4.69, 9.17) is 4.74 Å². The average Bonchev–Trinajstić information content (AvgIpc) is 2.78. The topological polar surface area (TPSA) is 88.1 Å². The van der Waals surface area contributed by atoms with E-state index in [2.05, 4.69) is 4.98 Å². The van der Waals surface area contributed by atoms with Crippen molar-refractivity contribution in [3.8, 4) is 0 Å². The molecule has 2 aromatic heterocycles. The summed E-state index contributed by atoms with van der Waals surface area (Å²) in [5.41, 5.74) is -0.288. The first-order chi connectivity index (χ1) is 9.47. The second-order valence-electron chi connectivity index (χ2n) is 4.38. The highest BCUT2D eigenvalue weighted by molar-refractivity contribution is 5.71. The summed E-state index contributed by atoms with van der Waals surface area (Å²) in [4.78, 5) is 39.6. The molecule has 0 atom stereocenters. The number of esters is 1. The van der Waals surface area contributed by atoms with Gasteiger partial charge in [0.2, 0.25) is 0 Å². The van der Waals surface area contributed by atoms with Gasteiger partial charge in [0.25, 0.3) is 5.56 Å². The minimum absolute atomic E-state index is 0.0532. The quantitative estimate of drug-likeness (QED) is 0.697. The predicted octanol–water partition coefficient (Wildman–Crippen LogP) is -0.613. The monoisotopic (exact) mass is 280 g/mol. The zero-order valence-electron chi connectivity index (χ0n) is 11.6. The number of hydrogen-bond donors (Lipinski definition) is 0. The van der Waals surface area contributed by atoms with Gasteiger partial charge in [0, 0.05) is 20.6 Å². The first kappa shape index (κ1) is 14.0. The summed E-state index contributed by atoms with van der Waals surface area (Å²) in [7, 11) is 3.08. The van der Waals surface area contributed by atoms with Crippen LogP contribution < -0.4 is 11.2 Å². The fourth-order valence-corrected chi connectivity index (χ4v) is 2.02. The molecule has 0 aliphatic carbocycles. The van der Waals surface area contributed by atoms with E-state index in [1.807, 2.05) is 0 Å². The number of nitrogens with zero attached hydrogens (tertiary/aromatic N) is 4. The van der Waals surface area contributed by atoms with Crippen molar-refractivity contribution in [1.29, 1.82) is 0 Å². The molecule has 0 bridgehead atoms. The molecule has 0 aliphatic heterocycles. The van der Waals surface area contributed by atoms with E-state index >= 15 is 0 Å². The van der Waals surface area contributed by atoms with Crippen molar-refractivity contribution in [3.63, 3.8) is 0 Å². The summed E-state index contributed by atoms with van der Waals surface area (Å²) in [6.07, 6.45) is 1.52. The highest BCUT2D eigenvalue weighted by atomic mass is 16.5. The maximum absolute atomic E-state index is 12.1. The van der Waals surface area contributed by atoms with Gasteiger partial charge < -0.3 is 9.30 Å². The second-order valence-corrected chi connectivity index (χ2v) is 4.38. The summed E-state index contributed by atoms with van der Waals surface area (Å²) in [6, 6.07) is 0. The highest BCUT2D eigenvalue weighted by Crippen LogP contribution is 2.05. The van der Waals surface area contributed by atoms with Crippen LogP contribution in [0.5, 0.6) is 0 Å². The molecule has 0 aliphatic rings. The summed E-state index contributed by atoms with van der Waals surface area (Å²) in [5.74, 6) is -0.391. The Morgan fingerprint density at radius 2 is 2.05 bits per heavy atom. The molecule has 0 unspecified atom stereocenters. The van der Waals surface area contributed by atoms with E-state index in [9.17, 15) is 14.4 Å². The molecule has 0 saturated heterocycles. The molecule has 0 amide bonds. The van der Waals surface area contributed by atoms with Crippen LogP contribution in [0.3, 0.4) is 0 Å². The lowest BCUT2D eigenvalue weighted by Gasteiger charge is -2.08. The standard InChI is InChI=1S/C12H16N4O4/c1-4-20-8(17)5-6-16-10-9(14(2)7-13-10)11(18)15(3)12(16)19/h7H,4-6H2,1-3H3. The van der Waals surface area contributed by atoms with Gasteiger partial charge in [0.15, 0.2) is 11.2 Å². The Bertz CT molecular complexity index is 768. The van der Waals surface area contributed by atoms with Crippen LogP contribution in [0.2, 0.25) is 0 Å². The molecule has 0 aromatic carbocycles. The molecule has 0 spiro atoms. The molecule has 0 saturated carbocycles. The minimum atomic E-state index is -0.495. The van der Waals surface area contributed by atoms with Crippen molar-refractivity contribution in [2.24, 2.45) is 14.1 Å². The van der Waals surface area contributed by atoms with E-state index in [0.29, 0.717) is 12.1 Å². The first-order valence-corrected chi connectivity index (χ1v) is 6.23. The smallest absolute Gasteiger partial charge is 0.332 e. The Labute approximate surface area is 114 Å². The van der Waals surface area contributed by atoms with Crippen LogP contribution in [0.25, 0.3) is 11.2 Å². The average molecular weight is 280 g/mol. The molecule has 0 radical (unpaired) electrons. The van der Waals surface area contributed by atoms with Gasteiger partial charge in [-0.25, -0.2) is 9.78 Å². The number of aryl methyl sites for hydroxylation is 2. The van der Waals surface area contributed by atoms with Gasteiger partial charge in [-0.05, 0) is 6.92 Å². The number of hydrogen-bond acceptors (Lipinski definition) is 5. The maximum Gasteiger partial charge on any atom is 0.332 e. The van der Waals surface area contributed by atoms with E-state index < -0.39 is 17.2 Å². The Hall–Kier alpha value is -2.38. The molecule has 0 fully saturated rings. The SMILES string of the molecule is CCOC(=O)CCn1c(=O)n(C)c(=O)c2c1ncn2C. The molecule has 20 heavy (non-hydrogen) atoms. The Balaban J connectivity index is 2.51. The van der Waals surface area contributed by atoms with Crippen molar-refractivity contribution in [2.45, 2.75) is 19.9 Å². The Morgan fingerprint density at radius 1 is 1.35 bits per heavy atom. The molecule has 2 aromatic rings. The van der Waals surface area contributed by atoms with E-state index in [1.165, 1.54) is 17.9 Å². The van der Waals surface area contributed by atoms with Crippen LogP contribution in [-0.4, -0.2) is 31.3 Å². The number of aromatic nitrogens is 4. The third-order valence-electron chi connectivity index (χ3n) is 3.04. The van der Waals surface area contributed by atoms with Crippen LogP contribution in [0, 0.1) is 0 Å². The third kappa shape index (κ3) is 2.24. The Morgan fingerprint density at radius 3 is 2.70 bits per heavy atom. The summed E-state index contributed by atoms with van der Waals surface area (Å²) in [6.45, 7) is 2.13. The van der Waals surface area contributed by atoms with Gasteiger partial charge in [-0.2, -0.15) is 0 Å². The number of fused-ring (bicyclic) bond motifs is 1. The van der Waals surface area contributed by atoms with E-state index in [-0.39, 0.29) is 18.6 Å². The molecule has 108 valence electrons. The number of rotatable bonds is 4. The molecular formula is C12H16N4O4. The zero-order valence-corrected chi connectivity index (χ0v) is 11.6. The number of carbonyl (C=O) groups excluding carboxylic acids is 1. The maximum atomic E-state index is 12.1. The highest BCUT2D eigenvalue weighted by Gasteiger charge is 2.15. The number of ether oxygens (including phenoxy) is 1. The lowest BCUT2D eigenvalue weighted by atomic mass is 10.4. The summed E-state index contributed by atoms with van der Waals surface area (Å²) in [5, 5.41) is 0. The van der Waals surface area contributed by atoms with Gasteiger partial charge in [0.1, 0.15) is 0 Å². The molecule has 8 heteroatoms. The van der Waals surface area contributed by atoms with Crippen LogP contribution >= 0.6 is 0 Å². The normalized spacial score (nSPS) is 10.9. The molecule has 2 heterocycles. The minimum Gasteiger partial charge on any atom is -0.466 e. The van der Waals surface area contributed by atoms with E-state index in [0.717, 1.165) is 4.57 Å². The lowest BCUT2D eigenvalue weighted by molar-refractivity contribution is -0.143. The summed E-state index contributed by atoms with van der Waals surface area (Å²) >= 11 is 0. The third-order valence-corrected chi connectivity index (χ3v) is 3.04. The van der Waals surface area contributed by atoms with Gasteiger partial charge in [-0.15, -0.1) is 0 Å². The zero-order chi connectivity index (χ0) is 14.9. The molecule has 2 rings (SSSR count). The van der Waals surface area contributed by atoms with Crippen LogP contribution in [-0.2, 0) is 30.2 Å². The molecule has 0 N–H and O–H groups in total. The van der Waals surface area contributed by atoms with Crippen LogP contribution in [0.4, 0.5) is 0 Å². The largest absolute Gasteiger partial charge is 0.466 e. The van der Waals surface area contributed by atoms with Gasteiger partial charge in [-0.1, -0.05) is 0 Å². The number of carbonyl (C=O) groups is 1. The molecule has 8 nitrogen and oxygen atoms in total. The molecular weight excluding hydrogens is 264 g/mol. The fraction of sp³-hybridized carbons (Fsp3) is 0.500. The number of imidazole rings is 1. The lowest BCUT2D eigenvalue weighted by Crippen LogP contribution is -2.39. The van der Waals surface area contributed by atoms with Crippen molar-refractivity contribution < 1.29 is 9.53 Å². The van der Waals surface area contributed by atoms with Crippen molar-refractivity contribution in [2.75, 3.05) is 6.61 Å². The van der Waals surface area contributed by atoms with Gasteiger partial charge in [-0.3, -0.25) is 18.7 Å². The van der Waals surface area contributed by atoms with Crippen molar-refractivity contribution in [1.82, 2.24) is 18.7 Å². The van der Waals surface area contributed by atoms with Crippen molar-refractivity contribution in [3.05, 3.63) is 27.2 Å². The van der Waals surface area contributed by atoms with Gasteiger partial charge in [0.05, 0.1) is 19.4 Å². The van der Waals surface area contributed by atoms with E-state index in [1.54, 1.807) is 18.5 Å². The summed E-state index contributed by atoms with van der Waals surface area (Å²) < 4.78 is 8.70. The van der Waals surface area contributed by atoms with Crippen molar-refractivity contribution >= 4 is 17.1 Å². The van der Waals surface area contributed by atoms with Crippen LogP contribution in [0.15, 0.2) is 15.9 Å².